The van der Waals surface area contributed by atoms with E-state index in [-0.39, 0.29) is 5.82 Å². The third-order valence-corrected chi connectivity index (χ3v) is 6.15. The first kappa shape index (κ1) is 27.7. The highest BCUT2D eigenvalue weighted by molar-refractivity contribution is 6.02. The van der Waals surface area contributed by atoms with Gasteiger partial charge in [-0.2, -0.15) is 0 Å². The van der Waals surface area contributed by atoms with Crippen LogP contribution >= 0.6 is 0 Å². The van der Waals surface area contributed by atoms with Gasteiger partial charge in [0.1, 0.15) is 29.7 Å². The summed E-state index contributed by atoms with van der Waals surface area (Å²) < 4.78 is 38.4. The van der Waals surface area contributed by atoms with E-state index in [2.05, 4.69) is 34.0 Å². The van der Waals surface area contributed by atoms with E-state index < -0.39 is 17.5 Å². The Kier molecular flexibility index (Phi) is 9.17. The number of hydrogen-bond acceptors (Lipinski definition) is 6. The van der Waals surface area contributed by atoms with Gasteiger partial charge in [-0.25, -0.2) is 18.7 Å². The number of carbonyl (C=O) groups is 1. The van der Waals surface area contributed by atoms with Crippen molar-refractivity contribution in [3.8, 4) is 34.0 Å². The molecule has 0 fully saturated rings. The van der Waals surface area contributed by atoms with Gasteiger partial charge in [0.25, 0.3) is 5.91 Å². The number of nitrogens with one attached hydrogen (secondary N) is 1. The van der Waals surface area contributed by atoms with Gasteiger partial charge in [-0.1, -0.05) is 13.8 Å². The van der Waals surface area contributed by atoms with Gasteiger partial charge >= 0.3 is 0 Å². The maximum Gasteiger partial charge on any atom is 0.293 e. The fourth-order valence-corrected chi connectivity index (χ4v) is 3.95. The minimum Gasteiger partial charge on any atom is -0.497 e. The second kappa shape index (κ2) is 12.9. The topological polar surface area (TPSA) is 76.6 Å². The molecule has 4 aromatic rings. The van der Waals surface area contributed by atoms with Crippen LogP contribution in [0, 0.1) is 11.6 Å². The minimum atomic E-state index is -0.565. The lowest BCUT2D eigenvalue weighted by Crippen LogP contribution is -2.27. The standard InChI is InChI=1S/C30H30F2N4O3/c1-4-36(5-2)14-15-39-26-17-24(16-25(18-26)38-3)33-30(37)29-34-27(20-6-10-22(31)11-7-20)19-28(35-29)21-8-12-23(32)13-9-21/h6-13,16-19H,4-5,14-15H2,1-3H3,(H,33,37). The van der Waals surface area contributed by atoms with Crippen LogP contribution in [0.1, 0.15) is 24.5 Å². The smallest absolute Gasteiger partial charge is 0.293 e. The van der Waals surface area contributed by atoms with Gasteiger partial charge in [0, 0.05) is 41.6 Å². The van der Waals surface area contributed by atoms with Crippen LogP contribution < -0.4 is 14.8 Å². The number of anilines is 1. The molecule has 0 saturated carbocycles. The summed E-state index contributed by atoms with van der Waals surface area (Å²) in [6.07, 6.45) is 0. The van der Waals surface area contributed by atoms with Crippen molar-refractivity contribution in [3.63, 3.8) is 0 Å². The Balaban J connectivity index is 1.63. The molecule has 0 atom stereocenters. The largest absolute Gasteiger partial charge is 0.497 e. The molecule has 0 aliphatic carbocycles. The predicted molar refractivity (Wildman–Crippen MR) is 147 cm³/mol. The molecule has 0 radical (unpaired) electrons. The fourth-order valence-electron chi connectivity index (χ4n) is 3.95. The normalized spacial score (nSPS) is 10.9. The summed E-state index contributed by atoms with van der Waals surface area (Å²) in [6.45, 7) is 7.29. The summed E-state index contributed by atoms with van der Waals surface area (Å²) >= 11 is 0. The number of hydrogen-bond donors (Lipinski definition) is 1. The van der Waals surface area contributed by atoms with Crippen molar-refractivity contribution in [2.24, 2.45) is 0 Å². The van der Waals surface area contributed by atoms with Gasteiger partial charge in [0.05, 0.1) is 18.5 Å². The van der Waals surface area contributed by atoms with Gasteiger partial charge in [0.2, 0.25) is 5.82 Å². The highest BCUT2D eigenvalue weighted by Crippen LogP contribution is 2.28. The number of halogens is 2. The van der Waals surface area contributed by atoms with E-state index in [0.29, 0.717) is 46.3 Å². The second-order valence-corrected chi connectivity index (χ2v) is 8.70. The van der Waals surface area contributed by atoms with Crippen molar-refractivity contribution in [1.29, 1.82) is 0 Å². The SMILES string of the molecule is CCN(CC)CCOc1cc(NC(=O)c2nc(-c3ccc(F)cc3)cc(-c3ccc(F)cc3)n2)cc(OC)c1. The number of benzene rings is 3. The molecule has 0 aliphatic rings. The lowest BCUT2D eigenvalue weighted by atomic mass is 10.1. The predicted octanol–water partition coefficient (Wildman–Crippen LogP) is 6.07. The molecule has 0 aliphatic heterocycles. The van der Waals surface area contributed by atoms with Gasteiger partial charge in [-0.15, -0.1) is 0 Å². The summed E-state index contributed by atoms with van der Waals surface area (Å²) in [5.74, 6) is -0.397. The first-order valence-electron chi connectivity index (χ1n) is 12.6. The van der Waals surface area contributed by atoms with Crippen LogP contribution in [0.5, 0.6) is 11.5 Å². The molecule has 202 valence electrons. The van der Waals surface area contributed by atoms with Crippen molar-refractivity contribution in [1.82, 2.24) is 14.9 Å². The third kappa shape index (κ3) is 7.36. The summed E-state index contributed by atoms with van der Waals surface area (Å²) in [5.41, 5.74) is 2.47. The third-order valence-electron chi connectivity index (χ3n) is 6.15. The van der Waals surface area contributed by atoms with Crippen molar-refractivity contribution in [2.75, 3.05) is 38.7 Å². The van der Waals surface area contributed by atoms with E-state index in [1.165, 1.54) is 31.4 Å². The molecular weight excluding hydrogens is 502 g/mol. The molecule has 3 aromatic carbocycles. The summed E-state index contributed by atoms with van der Waals surface area (Å²) in [5, 5.41) is 2.82. The van der Waals surface area contributed by atoms with Gasteiger partial charge < -0.3 is 19.7 Å². The van der Waals surface area contributed by atoms with Crippen LogP contribution in [0.15, 0.2) is 72.8 Å². The summed E-state index contributed by atoms with van der Waals surface area (Å²) in [6, 6.07) is 18.3. The number of methoxy groups -OCH3 is 1. The highest BCUT2D eigenvalue weighted by atomic mass is 19.1. The lowest BCUT2D eigenvalue weighted by Gasteiger charge is -2.18. The zero-order valence-electron chi connectivity index (χ0n) is 22.1. The number of carbonyl (C=O) groups excluding carboxylic acids is 1. The zero-order chi connectivity index (χ0) is 27.8. The molecule has 0 bridgehead atoms. The number of rotatable bonds is 11. The minimum absolute atomic E-state index is 0.108. The molecule has 0 spiro atoms. The van der Waals surface area contributed by atoms with Crippen LogP contribution in [0.25, 0.3) is 22.5 Å². The lowest BCUT2D eigenvalue weighted by molar-refractivity contribution is 0.101. The quantitative estimate of drug-likeness (QED) is 0.253. The molecule has 1 heterocycles. The van der Waals surface area contributed by atoms with E-state index in [0.717, 1.165) is 19.6 Å². The van der Waals surface area contributed by atoms with E-state index in [1.807, 2.05) is 0 Å². The number of amides is 1. The molecule has 1 amide bonds. The zero-order valence-corrected chi connectivity index (χ0v) is 22.1. The molecule has 1 aromatic heterocycles. The Morgan fingerprint density at radius 1 is 0.821 bits per heavy atom. The van der Waals surface area contributed by atoms with Crippen molar-refractivity contribution in [3.05, 3.63) is 90.3 Å². The van der Waals surface area contributed by atoms with Gasteiger partial charge in [-0.3, -0.25) is 4.79 Å². The van der Waals surface area contributed by atoms with Crippen LogP contribution in [0.3, 0.4) is 0 Å². The average molecular weight is 533 g/mol. The number of nitrogens with zero attached hydrogens (tertiary/aromatic N) is 3. The molecule has 7 nitrogen and oxygen atoms in total. The molecular formula is C30H30F2N4O3. The Bertz CT molecular complexity index is 1350. The molecule has 4 rings (SSSR count). The number of aromatic nitrogens is 2. The Labute approximate surface area is 226 Å². The maximum absolute atomic E-state index is 13.5. The average Bonchev–Trinajstić information content (AvgIpc) is 2.95. The Morgan fingerprint density at radius 3 is 1.87 bits per heavy atom. The molecule has 39 heavy (non-hydrogen) atoms. The van der Waals surface area contributed by atoms with Gasteiger partial charge in [-0.05, 0) is 67.7 Å². The van der Waals surface area contributed by atoms with Gasteiger partial charge in [0.15, 0.2) is 0 Å². The van der Waals surface area contributed by atoms with Crippen LogP contribution in [0.4, 0.5) is 14.5 Å². The molecule has 1 N–H and O–H groups in total. The van der Waals surface area contributed by atoms with E-state index in [4.69, 9.17) is 9.47 Å². The van der Waals surface area contributed by atoms with Crippen molar-refractivity contribution in [2.45, 2.75) is 13.8 Å². The summed E-state index contributed by atoms with van der Waals surface area (Å²) in [4.78, 5) is 24.5. The number of ether oxygens (including phenoxy) is 2. The molecule has 0 unspecified atom stereocenters. The Morgan fingerprint density at radius 2 is 1.36 bits per heavy atom. The van der Waals surface area contributed by atoms with Crippen LogP contribution in [0.2, 0.25) is 0 Å². The van der Waals surface area contributed by atoms with E-state index in [9.17, 15) is 13.6 Å². The molecule has 0 saturated heterocycles. The monoisotopic (exact) mass is 532 g/mol. The maximum atomic E-state index is 13.5. The molecule has 9 heteroatoms. The number of likely N-dealkylation sites (N-methyl/N-ethyl adjacent to an activating group) is 1. The fraction of sp³-hybridized carbons (Fsp3) is 0.233. The second-order valence-electron chi connectivity index (χ2n) is 8.70. The Hall–Kier alpha value is -4.37. The van der Waals surface area contributed by atoms with Crippen molar-refractivity contribution >= 4 is 11.6 Å². The van der Waals surface area contributed by atoms with E-state index in [1.54, 1.807) is 48.5 Å². The van der Waals surface area contributed by atoms with Crippen molar-refractivity contribution < 1.29 is 23.0 Å². The first-order valence-corrected chi connectivity index (χ1v) is 12.6. The first-order chi connectivity index (χ1) is 18.9. The van der Waals surface area contributed by atoms with Crippen LogP contribution in [-0.2, 0) is 0 Å². The van der Waals surface area contributed by atoms with Crippen LogP contribution in [-0.4, -0.2) is 54.1 Å². The van der Waals surface area contributed by atoms with E-state index >= 15 is 0 Å². The highest BCUT2D eigenvalue weighted by Gasteiger charge is 2.16. The summed E-state index contributed by atoms with van der Waals surface area (Å²) in [7, 11) is 1.53.